The van der Waals surface area contributed by atoms with E-state index in [1.807, 2.05) is 0 Å². The first-order chi connectivity index (χ1) is 5.24. The van der Waals surface area contributed by atoms with Crippen LogP contribution in [0.1, 0.15) is 27.2 Å². The lowest BCUT2D eigenvalue weighted by Gasteiger charge is -2.62. The normalized spacial score (nSPS) is 45.5. The number of hydrogen-bond acceptors (Lipinski definition) is 1. The highest BCUT2D eigenvalue weighted by atomic mass is 15.3. The van der Waals surface area contributed by atoms with Crippen molar-refractivity contribution < 1.29 is 0 Å². The highest BCUT2D eigenvalue weighted by molar-refractivity contribution is 5.04. The predicted molar refractivity (Wildman–Crippen MR) is 47.5 cm³/mol. The fourth-order valence-electron chi connectivity index (χ4n) is 2.77. The minimum Gasteiger partial charge on any atom is -0.299 e. The molecule has 0 aromatic carbocycles. The maximum Gasteiger partial charge on any atom is 0.0176 e. The van der Waals surface area contributed by atoms with E-state index >= 15 is 0 Å². The van der Waals surface area contributed by atoms with Crippen LogP contribution in [0.2, 0.25) is 0 Å². The van der Waals surface area contributed by atoms with Crippen molar-refractivity contribution in [3.63, 3.8) is 0 Å². The highest BCUT2D eigenvalue weighted by Gasteiger charge is 2.51. The van der Waals surface area contributed by atoms with Crippen LogP contribution in [-0.4, -0.2) is 24.0 Å². The van der Waals surface area contributed by atoms with E-state index < -0.39 is 0 Å². The molecule has 64 valence electrons. The molecule has 4 atom stereocenters. The minimum atomic E-state index is 0.957. The Bertz CT molecular complexity index is 151. The Hall–Kier alpha value is -0.0400. The molecule has 2 rings (SSSR count). The molecule has 2 aliphatic rings. The van der Waals surface area contributed by atoms with Crippen molar-refractivity contribution in [2.45, 2.75) is 33.2 Å². The maximum atomic E-state index is 2.63. The van der Waals surface area contributed by atoms with Gasteiger partial charge in [0.05, 0.1) is 0 Å². The molecule has 1 unspecified atom stereocenters. The molecule has 11 heavy (non-hydrogen) atoms. The Kier molecular flexibility index (Phi) is 1.71. The summed E-state index contributed by atoms with van der Waals surface area (Å²) in [7, 11) is 0. The first-order valence-electron chi connectivity index (χ1n) is 4.98. The standard InChI is InChI=1S/C10H19N/c1-4-7(2)9-6-11-5-8(3)10(9)11/h7-10H,4-6H2,1-3H3/t7-,8+,9?,10+/m0/s1. The summed E-state index contributed by atoms with van der Waals surface area (Å²) in [6, 6.07) is 0.977. The van der Waals surface area contributed by atoms with Crippen LogP contribution < -0.4 is 0 Å². The van der Waals surface area contributed by atoms with Crippen molar-refractivity contribution in [3.8, 4) is 0 Å². The van der Waals surface area contributed by atoms with Gasteiger partial charge in [-0.05, 0) is 17.8 Å². The summed E-state index contributed by atoms with van der Waals surface area (Å²) < 4.78 is 0. The van der Waals surface area contributed by atoms with Gasteiger partial charge in [0.25, 0.3) is 0 Å². The van der Waals surface area contributed by atoms with E-state index in [1.165, 1.54) is 19.5 Å². The molecule has 0 aliphatic carbocycles. The molecular weight excluding hydrogens is 134 g/mol. The first kappa shape index (κ1) is 7.60. The molecule has 2 aliphatic heterocycles. The molecule has 1 nitrogen and oxygen atoms in total. The van der Waals surface area contributed by atoms with Crippen molar-refractivity contribution >= 4 is 0 Å². The second kappa shape index (κ2) is 2.48. The van der Waals surface area contributed by atoms with E-state index in [0.29, 0.717) is 0 Å². The van der Waals surface area contributed by atoms with Gasteiger partial charge < -0.3 is 0 Å². The van der Waals surface area contributed by atoms with Gasteiger partial charge in [0.2, 0.25) is 0 Å². The molecule has 2 heterocycles. The van der Waals surface area contributed by atoms with Crippen LogP contribution in [0.25, 0.3) is 0 Å². The molecule has 0 aromatic heterocycles. The summed E-state index contributed by atoms with van der Waals surface area (Å²) in [4.78, 5) is 2.63. The lowest BCUT2D eigenvalue weighted by Crippen LogP contribution is -2.71. The van der Waals surface area contributed by atoms with Gasteiger partial charge in [-0.3, -0.25) is 4.90 Å². The molecule has 0 saturated carbocycles. The molecular formula is C10H19N. The monoisotopic (exact) mass is 153 g/mol. The van der Waals surface area contributed by atoms with Crippen molar-refractivity contribution in [2.24, 2.45) is 17.8 Å². The van der Waals surface area contributed by atoms with Gasteiger partial charge in [-0.25, -0.2) is 0 Å². The predicted octanol–water partition coefficient (Wildman–Crippen LogP) is 1.98. The van der Waals surface area contributed by atoms with E-state index in [4.69, 9.17) is 0 Å². The van der Waals surface area contributed by atoms with Crippen LogP contribution in [0, 0.1) is 17.8 Å². The van der Waals surface area contributed by atoms with Gasteiger partial charge >= 0.3 is 0 Å². The molecule has 0 aromatic rings. The Labute approximate surface area is 69.8 Å². The van der Waals surface area contributed by atoms with Gasteiger partial charge in [0.15, 0.2) is 0 Å². The number of rotatable bonds is 2. The summed E-state index contributed by atoms with van der Waals surface area (Å²) in [6.45, 7) is 9.89. The van der Waals surface area contributed by atoms with Crippen molar-refractivity contribution in [2.75, 3.05) is 13.1 Å². The van der Waals surface area contributed by atoms with Crippen LogP contribution in [0.3, 0.4) is 0 Å². The van der Waals surface area contributed by atoms with E-state index in [1.54, 1.807) is 0 Å². The van der Waals surface area contributed by atoms with Crippen molar-refractivity contribution in [1.29, 1.82) is 0 Å². The zero-order chi connectivity index (χ0) is 8.01. The third kappa shape index (κ3) is 0.936. The van der Waals surface area contributed by atoms with Crippen LogP contribution in [0.5, 0.6) is 0 Å². The molecule has 0 bridgehead atoms. The van der Waals surface area contributed by atoms with Gasteiger partial charge in [0, 0.05) is 19.1 Å². The summed E-state index contributed by atoms with van der Waals surface area (Å²) in [5, 5.41) is 0. The van der Waals surface area contributed by atoms with Crippen LogP contribution in [0.4, 0.5) is 0 Å². The Morgan fingerprint density at radius 3 is 2.64 bits per heavy atom. The summed E-state index contributed by atoms with van der Waals surface area (Å²) >= 11 is 0. The van der Waals surface area contributed by atoms with E-state index in [0.717, 1.165) is 23.8 Å². The fraction of sp³-hybridized carbons (Fsp3) is 1.00. The molecule has 0 N–H and O–H groups in total. The van der Waals surface area contributed by atoms with Gasteiger partial charge in [-0.2, -0.15) is 0 Å². The Morgan fingerprint density at radius 1 is 1.45 bits per heavy atom. The molecule has 0 spiro atoms. The second-order valence-electron chi connectivity index (χ2n) is 4.47. The van der Waals surface area contributed by atoms with Crippen LogP contribution in [-0.2, 0) is 0 Å². The van der Waals surface area contributed by atoms with Crippen LogP contribution >= 0.6 is 0 Å². The third-order valence-corrected chi connectivity index (χ3v) is 3.79. The third-order valence-electron chi connectivity index (χ3n) is 3.79. The van der Waals surface area contributed by atoms with Gasteiger partial charge in [-0.1, -0.05) is 27.2 Å². The smallest absolute Gasteiger partial charge is 0.0176 e. The lowest BCUT2D eigenvalue weighted by atomic mass is 9.67. The quantitative estimate of drug-likeness (QED) is 0.586. The number of fused-ring (bicyclic) bond motifs is 1. The van der Waals surface area contributed by atoms with E-state index in [-0.39, 0.29) is 0 Å². The molecule has 0 amide bonds. The zero-order valence-corrected chi connectivity index (χ0v) is 7.88. The number of piperidine rings is 1. The average Bonchev–Trinajstić information content (AvgIpc) is 1.96. The SMILES string of the molecule is CC[C@H](C)C1CN2C[C@@H](C)[C@H]12. The Balaban J connectivity index is 1.89. The van der Waals surface area contributed by atoms with Crippen molar-refractivity contribution in [1.82, 2.24) is 4.90 Å². The first-order valence-corrected chi connectivity index (χ1v) is 4.98. The molecule has 1 heteroatoms. The largest absolute Gasteiger partial charge is 0.299 e. The van der Waals surface area contributed by atoms with Crippen molar-refractivity contribution in [3.05, 3.63) is 0 Å². The van der Waals surface area contributed by atoms with E-state index in [9.17, 15) is 0 Å². The summed E-state index contributed by atoms with van der Waals surface area (Å²) in [5.74, 6) is 2.98. The second-order valence-corrected chi connectivity index (χ2v) is 4.47. The number of hydrogen-bond donors (Lipinski definition) is 0. The maximum absolute atomic E-state index is 2.63. The number of nitrogens with zero attached hydrogens (tertiary/aromatic N) is 1. The van der Waals surface area contributed by atoms with E-state index in [2.05, 4.69) is 25.7 Å². The fourth-order valence-corrected chi connectivity index (χ4v) is 2.77. The topological polar surface area (TPSA) is 3.24 Å². The minimum absolute atomic E-state index is 0.957. The Morgan fingerprint density at radius 2 is 2.18 bits per heavy atom. The summed E-state index contributed by atoms with van der Waals surface area (Å²) in [5.41, 5.74) is 0. The molecule has 0 radical (unpaired) electrons. The lowest BCUT2D eigenvalue weighted by molar-refractivity contribution is -0.132. The van der Waals surface area contributed by atoms with Crippen LogP contribution in [0.15, 0.2) is 0 Å². The van der Waals surface area contributed by atoms with Gasteiger partial charge in [-0.15, -0.1) is 0 Å². The zero-order valence-electron chi connectivity index (χ0n) is 7.88. The molecule has 2 fully saturated rings. The molecule has 2 saturated heterocycles. The highest BCUT2D eigenvalue weighted by Crippen LogP contribution is 2.44. The van der Waals surface area contributed by atoms with Gasteiger partial charge in [0.1, 0.15) is 0 Å². The summed E-state index contributed by atoms with van der Waals surface area (Å²) in [6.07, 6.45) is 1.36. The average molecular weight is 153 g/mol.